The van der Waals surface area contributed by atoms with E-state index in [1.165, 1.54) is 0 Å². The van der Waals surface area contributed by atoms with E-state index in [4.69, 9.17) is 0 Å². The monoisotopic (exact) mass is 448 g/mol. The zero-order valence-corrected chi connectivity index (χ0v) is 17.7. The standard InChI is InChI=1S/C24H22F2N6O/c25-22(26)24-29-20-6-2-1-5-18(20)23(30-24)28-16-7-9-17(10-8-16)32-21(33)12-11-19(31-32)15-4-3-13-27-14-15/h1-6,11-14,16-17,22H,7-10H2,(H,28,29,30). The fourth-order valence-electron chi connectivity index (χ4n) is 4.32. The summed E-state index contributed by atoms with van der Waals surface area (Å²) in [5.41, 5.74) is 1.91. The summed E-state index contributed by atoms with van der Waals surface area (Å²) in [4.78, 5) is 24.7. The molecule has 3 aromatic heterocycles. The summed E-state index contributed by atoms with van der Waals surface area (Å²) in [7, 11) is 0. The third-order valence-corrected chi connectivity index (χ3v) is 5.98. The van der Waals surface area contributed by atoms with Crippen molar-refractivity contribution in [3.05, 3.63) is 77.1 Å². The van der Waals surface area contributed by atoms with Gasteiger partial charge in [0.05, 0.1) is 17.3 Å². The van der Waals surface area contributed by atoms with Gasteiger partial charge in [-0.15, -0.1) is 0 Å². The number of aromatic nitrogens is 5. The van der Waals surface area contributed by atoms with Gasteiger partial charge in [-0.05, 0) is 56.0 Å². The molecular weight excluding hydrogens is 426 g/mol. The van der Waals surface area contributed by atoms with E-state index in [1.807, 2.05) is 24.3 Å². The molecule has 0 spiro atoms. The second kappa shape index (κ2) is 9.01. The normalized spacial score (nSPS) is 18.5. The maximum absolute atomic E-state index is 13.3. The van der Waals surface area contributed by atoms with Gasteiger partial charge in [-0.3, -0.25) is 9.78 Å². The zero-order valence-electron chi connectivity index (χ0n) is 17.7. The van der Waals surface area contributed by atoms with Gasteiger partial charge in [-0.25, -0.2) is 23.4 Å². The summed E-state index contributed by atoms with van der Waals surface area (Å²) in [6, 6.07) is 14.2. The van der Waals surface area contributed by atoms with Crippen molar-refractivity contribution in [3.8, 4) is 11.3 Å². The minimum atomic E-state index is -2.74. The largest absolute Gasteiger partial charge is 0.367 e. The van der Waals surface area contributed by atoms with Crippen molar-refractivity contribution in [1.82, 2.24) is 24.7 Å². The van der Waals surface area contributed by atoms with E-state index in [0.717, 1.165) is 31.2 Å². The Bertz CT molecular complexity index is 1320. The number of benzene rings is 1. The van der Waals surface area contributed by atoms with Crippen LogP contribution in [0.3, 0.4) is 0 Å². The zero-order chi connectivity index (χ0) is 22.8. The number of alkyl halides is 2. The van der Waals surface area contributed by atoms with E-state index < -0.39 is 12.2 Å². The van der Waals surface area contributed by atoms with Gasteiger partial charge in [-0.2, -0.15) is 5.10 Å². The fraction of sp³-hybridized carbons (Fsp3) is 0.292. The van der Waals surface area contributed by atoms with Crippen LogP contribution < -0.4 is 10.9 Å². The highest BCUT2D eigenvalue weighted by atomic mass is 19.3. The number of fused-ring (bicyclic) bond motifs is 1. The van der Waals surface area contributed by atoms with Crippen molar-refractivity contribution in [2.75, 3.05) is 5.32 Å². The number of hydrogen-bond acceptors (Lipinski definition) is 6. The molecule has 5 rings (SSSR count). The number of rotatable bonds is 5. The first kappa shape index (κ1) is 21.1. The predicted octanol–water partition coefficient (Wildman–Crippen LogP) is 4.78. The molecule has 4 aromatic rings. The Labute approximate surface area is 188 Å². The van der Waals surface area contributed by atoms with Crippen molar-refractivity contribution in [1.29, 1.82) is 0 Å². The van der Waals surface area contributed by atoms with E-state index >= 15 is 0 Å². The number of hydrogen-bond donors (Lipinski definition) is 1. The van der Waals surface area contributed by atoms with Crippen LogP contribution in [0.1, 0.15) is 44.0 Å². The summed E-state index contributed by atoms with van der Waals surface area (Å²) < 4.78 is 28.1. The van der Waals surface area contributed by atoms with Crippen LogP contribution in [-0.2, 0) is 0 Å². The van der Waals surface area contributed by atoms with E-state index in [1.54, 1.807) is 41.3 Å². The third-order valence-electron chi connectivity index (χ3n) is 5.98. The molecule has 1 saturated carbocycles. The molecule has 0 unspecified atom stereocenters. The van der Waals surface area contributed by atoms with E-state index in [9.17, 15) is 13.6 Å². The van der Waals surface area contributed by atoms with E-state index in [0.29, 0.717) is 22.4 Å². The third kappa shape index (κ3) is 4.44. The molecule has 1 N–H and O–H groups in total. The first-order chi connectivity index (χ1) is 16.1. The molecule has 0 atom stereocenters. The smallest absolute Gasteiger partial charge is 0.297 e. The topological polar surface area (TPSA) is 85.6 Å². The number of halogens is 2. The van der Waals surface area contributed by atoms with Crippen molar-refractivity contribution >= 4 is 16.7 Å². The van der Waals surface area contributed by atoms with Crippen molar-refractivity contribution < 1.29 is 8.78 Å². The highest BCUT2D eigenvalue weighted by Gasteiger charge is 2.25. The minimum absolute atomic E-state index is 0.0223. The molecule has 1 aromatic carbocycles. The molecule has 0 radical (unpaired) electrons. The lowest BCUT2D eigenvalue weighted by Gasteiger charge is -2.30. The van der Waals surface area contributed by atoms with Gasteiger partial charge >= 0.3 is 0 Å². The second-order valence-corrected chi connectivity index (χ2v) is 8.14. The molecular formula is C24H22F2N6O. The number of anilines is 1. The molecule has 1 fully saturated rings. The van der Waals surface area contributed by atoms with Gasteiger partial charge in [0, 0.05) is 35.5 Å². The first-order valence-electron chi connectivity index (χ1n) is 10.9. The summed E-state index contributed by atoms with van der Waals surface area (Å²) in [6.07, 6.45) is 3.68. The SMILES string of the molecule is O=c1ccc(-c2cccnc2)nn1C1CCC(Nc2nc(C(F)F)nc3ccccc23)CC1. The molecule has 1 aliphatic carbocycles. The van der Waals surface area contributed by atoms with Crippen LogP contribution in [-0.4, -0.2) is 30.8 Å². The molecule has 0 amide bonds. The molecule has 7 nitrogen and oxygen atoms in total. The van der Waals surface area contributed by atoms with Crippen LogP contribution in [0.4, 0.5) is 14.6 Å². The average molecular weight is 448 g/mol. The number of nitrogens with zero attached hydrogens (tertiary/aromatic N) is 5. The van der Waals surface area contributed by atoms with Crippen molar-refractivity contribution in [2.24, 2.45) is 0 Å². The molecule has 0 saturated heterocycles. The van der Waals surface area contributed by atoms with Crippen LogP contribution in [0, 0.1) is 0 Å². The summed E-state index contributed by atoms with van der Waals surface area (Å²) in [6.45, 7) is 0. The van der Waals surface area contributed by atoms with E-state index in [2.05, 4.69) is 25.4 Å². The Morgan fingerprint density at radius 1 is 0.970 bits per heavy atom. The average Bonchev–Trinajstić information content (AvgIpc) is 2.85. The van der Waals surface area contributed by atoms with Gasteiger partial charge in [0.15, 0.2) is 5.82 Å². The number of nitrogens with one attached hydrogen (secondary N) is 1. The summed E-state index contributed by atoms with van der Waals surface area (Å²) >= 11 is 0. The molecule has 1 aliphatic rings. The molecule has 0 bridgehead atoms. The van der Waals surface area contributed by atoms with Crippen LogP contribution >= 0.6 is 0 Å². The Hall–Kier alpha value is -3.75. The van der Waals surface area contributed by atoms with Crippen LogP contribution in [0.2, 0.25) is 0 Å². The van der Waals surface area contributed by atoms with Gasteiger partial charge in [0.1, 0.15) is 5.82 Å². The van der Waals surface area contributed by atoms with Gasteiger partial charge < -0.3 is 5.32 Å². The van der Waals surface area contributed by atoms with E-state index in [-0.39, 0.29) is 17.6 Å². The summed E-state index contributed by atoms with van der Waals surface area (Å²) in [5.74, 6) is -0.0546. The quantitative estimate of drug-likeness (QED) is 0.473. The number of para-hydroxylation sites is 1. The lowest BCUT2D eigenvalue weighted by atomic mass is 9.91. The van der Waals surface area contributed by atoms with Crippen molar-refractivity contribution in [3.63, 3.8) is 0 Å². The Balaban J connectivity index is 1.33. The Morgan fingerprint density at radius 3 is 2.55 bits per heavy atom. The molecule has 3 heterocycles. The van der Waals surface area contributed by atoms with Crippen LogP contribution in [0.15, 0.2) is 65.7 Å². The highest BCUT2D eigenvalue weighted by Crippen LogP contribution is 2.31. The predicted molar refractivity (Wildman–Crippen MR) is 121 cm³/mol. The molecule has 9 heteroatoms. The highest BCUT2D eigenvalue weighted by molar-refractivity contribution is 5.89. The molecule has 0 aliphatic heterocycles. The Kier molecular flexibility index (Phi) is 5.77. The van der Waals surface area contributed by atoms with Crippen LogP contribution in [0.5, 0.6) is 0 Å². The molecule has 33 heavy (non-hydrogen) atoms. The minimum Gasteiger partial charge on any atom is -0.367 e. The maximum Gasteiger partial charge on any atom is 0.297 e. The first-order valence-corrected chi connectivity index (χ1v) is 10.9. The van der Waals surface area contributed by atoms with Gasteiger partial charge in [0.2, 0.25) is 0 Å². The maximum atomic E-state index is 13.3. The summed E-state index contributed by atoms with van der Waals surface area (Å²) in [5, 5.41) is 8.64. The number of pyridine rings is 1. The Morgan fingerprint density at radius 2 is 1.79 bits per heavy atom. The van der Waals surface area contributed by atoms with Gasteiger partial charge in [-0.1, -0.05) is 12.1 Å². The van der Waals surface area contributed by atoms with Crippen LogP contribution in [0.25, 0.3) is 22.2 Å². The van der Waals surface area contributed by atoms with Crippen molar-refractivity contribution in [2.45, 2.75) is 44.2 Å². The fourth-order valence-corrected chi connectivity index (χ4v) is 4.32. The second-order valence-electron chi connectivity index (χ2n) is 8.14. The lowest BCUT2D eigenvalue weighted by Crippen LogP contribution is -2.33. The molecule has 168 valence electrons. The lowest BCUT2D eigenvalue weighted by molar-refractivity contribution is 0.141. The van der Waals surface area contributed by atoms with Gasteiger partial charge in [0.25, 0.3) is 12.0 Å².